The molecule has 1 saturated heterocycles. The van der Waals surface area contributed by atoms with E-state index >= 15 is 0 Å². The summed E-state index contributed by atoms with van der Waals surface area (Å²) in [6.45, 7) is 0.00210. The molecule has 0 saturated carbocycles. The van der Waals surface area contributed by atoms with Gasteiger partial charge in [-0.25, -0.2) is 9.59 Å². The Hall–Kier alpha value is -3.64. The monoisotopic (exact) mass is 463 g/mol. The van der Waals surface area contributed by atoms with Crippen molar-refractivity contribution in [3.8, 4) is 0 Å². The zero-order valence-electron chi connectivity index (χ0n) is 17.7. The number of cyclic esters (lactones) is 1. The van der Waals surface area contributed by atoms with Gasteiger partial charge in [0.15, 0.2) is 5.54 Å². The third kappa shape index (κ3) is 4.91. The fraction of sp³-hybridized carbons (Fsp3) is 0.192. The summed E-state index contributed by atoms with van der Waals surface area (Å²) >= 11 is 5.79. The van der Waals surface area contributed by atoms with E-state index in [0.717, 1.165) is 11.1 Å². The number of carbonyl (C=O) groups is 3. The smallest absolute Gasteiger partial charge is 0.414 e. The molecule has 33 heavy (non-hydrogen) atoms. The molecule has 0 radical (unpaired) electrons. The Morgan fingerprint density at radius 2 is 1.42 bits per heavy atom. The molecule has 0 aromatic heterocycles. The average molecular weight is 464 g/mol. The molecular weight excluding hydrogens is 442 g/mol. The predicted molar refractivity (Wildman–Crippen MR) is 122 cm³/mol. The van der Waals surface area contributed by atoms with Crippen LogP contribution in [0.15, 0.2) is 91.0 Å². The lowest BCUT2D eigenvalue weighted by Gasteiger charge is -2.35. The van der Waals surface area contributed by atoms with Crippen LogP contribution in [0.5, 0.6) is 0 Å². The van der Waals surface area contributed by atoms with Gasteiger partial charge >= 0.3 is 12.1 Å². The summed E-state index contributed by atoms with van der Waals surface area (Å²) < 4.78 is 11.3. The number of hydrogen-bond donors (Lipinski definition) is 0. The average Bonchev–Trinajstić information content (AvgIpc) is 3.10. The van der Waals surface area contributed by atoms with Crippen LogP contribution < -0.4 is 0 Å². The van der Waals surface area contributed by atoms with Gasteiger partial charge in [-0.05, 0) is 22.7 Å². The van der Waals surface area contributed by atoms with E-state index in [1.165, 1.54) is 4.90 Å². The lowest BCUT2D eigenvalue weighted by atomic mass is 9.86. The van der Waals surface area contributed by atoms with Gasteiger partial charge in [0.1, 0.15) is 6.61 Å². The van der Waals surface area contributed by atoms with Crippen molar-refractivity contribution in [3.63, 3.8) is 0 Å². The highest BCUT2D eigenvalue weighted by Gasteiger charge is 2.59. The first-order valence-corrected chi connectivity index (χ1v) is 10.9. The number of halogens is 1. The molecule has 0 spiro atoms. The number of ether oxygens (including phenoxy) is 2. The highest BCUT2D eigenvalue weighted by atomic mass is 35.5. The Balaban J connectivity index is 1.74. The zero-order chi connectivity index (χ0) is 23.3. The van der Waals surface area contributed by atoms with Crippen molar-refractivity contribution < 1.29 is 23.9 Å². The van der Waals surface area contributed by atoms with Gasteiger partial charge in [0.05, 0.1) is 6.42 Å². The molecule has 0 N–H and O–H groups in total. The second-order valence-corrected chi connectivity index (χ2v) is 8.23. The molecule has 168 valence electrons. The summed E-state index contributed by atoms with van der Waals surface area (Å²) in [5.41, 5.74) is 0.478. The minimum atomic E-state index is -1.64. The van der Waals surface area contributed by atoms with Crippen LogP contribution in [0.3, 0.4) is 0 Å². The van der Waals surface area contributed by atoms with Crippen LogP contribution in [0.1, 0.15) is 29.3 Å². The summed E-state index contributed by atoms with van der Waals surface area (Å²) in [5.74, 6) is -0.703. The SMILES string of the molecule is O=C(Cl)C[C@]1(Cc2ccccc2)C(=O)O[C@@H](c2ccccc2)N1C(=O)OCc1ccccc1. The summed E-state index contributed by atoms with van der Waals surface area (Å²) in [4.78, 5) is 40.1. The van der Waals surface area contributed by atoms with Crippen LogP contribution >= 0.6 is 11.6 Å². The van der Waals surface area contributed by atoms with Gasteiger partial charge < -0.3 is 9.47 Å². The fourth-order valence-electron chi connectivity index (χ4n) is 4.02. The first-order valence-electron chi connectivity index (χ1n) is 10.5. The molecule has 1 heterocycles. The van der Waals surface area contributed by atoms with Crippen molar-refractivity contribution in [2.45, 2.75) is 31.2 Å². The Kier molecular flexibility index (Phi) is 6.75. The van der Waals surface area contributed by atoms with Crippen LogP contribution in [0.25, 0.3) is 0 Å². The molecule has 3 aromatic rings. The standard InChI is InChI=1S/C26H22ClNO5/c27-22(29)17-26(16-19-10-4-1-5-11-19)24(30)33-23(21-14-8-3-9-15-21)28(26)25(31)32-18-20-12-6-2-7-13-20/h1-15,23H,16-18H2/t23-,26+/m0/s1. The Labute approximate surface area is 196 Å². The summed E-state index contributed by atoms with van der Waals surface area (Å²) in [6, 6.07) is 27.2. The van der Waals surface area contributed by atoms with Crippen LogP contribution in [-0.2, 0) is 32.1 Å². The minimum Gasteiger partial charge on any atom is -0.444 e. The van der Waals surface area contributed by atoms with Gasteiger partial charge in [-0.1, -0.05) is 91.0 Å². The first kappa shape index (κ1) is 22.6. The second-order valence-electron chi connectivity index (χ2n) is 7.80. The third-order valence-electron chi connectivity index (χ3n) is 5.55. The van der Waals surface area contributed by atoms with E-state index in [-0.39, 0.29) is 13.0 Å². The highest BCUT2D eigenvalue weighted by Crippen LogP contribution is 2.43. The van der Waals surface area contributed by atoms with Crippen LogP contribution in [-0.4, -0.2) is 27.7 Å². The lowest BCUT2D eigenvalue weighted by Crippen LogP contribution is -2.54. The molecule has 0 unspecified atom stereocenters. The van der Waals surface area contributed by atoms with Crippen molar-refractivity contribution in [3.05, 3.63) is 108 Å². The summed E-state index contributed by atoms with van der Waals surface area (Å²) in [6.07, 6.45) is -2.19. The van der Waals surface area contributed by atoms with Crippen LogP contribution in [0.2, 0.25) is 0 Å². The maximum Gasteiger partial charge on any atom is 0.414 e. The van der Waals surface area contributed by atoms with Gasteiger partial charge in [0.25, 0.3) is 0 Å². The molecule has 0 aliphatic carbocycles. The summed E-state index contributed by atoms with van der Waals surface area (Å²) in [5, 5.41) is -0.752. The number of benzene rings is 3. The van der Waals surface area contributed by atoms with Crippen LogP contribution in [0, 0.1) is 0 Å². The Bertz CT molecular complexity index is 1120. The van der Waals surface area contributed by atoms with Gasteiger partial charge in [0, 0.05) is 12.0 Å². The molecule has 1 amide bonds. The van der Waals surface area contributed by atoms with Crippen molar-refractivity contribution in [2.24, 2.45) is 0 Å². The topological polar surface area (TPSA) is 72.9 Å². The van der Waals surface area contributed by atoms with E-state index in [1.807, 2.05) is 66.7 Å². The molecule has 1 aliphatic rings. The number of rotatable bonds is 7. The second kappa shape index (κ2) is 9.88. The number of esters is 1. The Morgan fingerprint density at radius 3 is 2.00 bits per heavy atom. The minimum absolute atomic E-state index is 0.00210. The molecule has 0 bridgehead atoms. The van der Waals surface area contributed by atoms with Crippen molar-refractivity contribution in [1.29, 1.82) is 0 Å². The van der Waals surface area contributed by atoms with E-state index in [9.17, 15) is 14.4 Å². The number of amides is 1. The fourth-order valence-corrected chi connectivity index (χ4v) is 4.24. The molecule has 7 heteroatoms. The van der Waals surface area contributed by atoms with Gasteiger partial charge in [0.2, 0.25) is 11.5 Å². The predicted octanol–water partition coefficient (Wildman–Crippen LogP) is 5.02. The number of carbonyl (C=O) groups excluding carboxylic acids is 3. The molecule has 1 fully saturated rings. The lowest BCUT2D eigenvalue weighted by molar-refractivity contribution is -0.146. The molecule has 1 aliphatic heterocycles. The normalized spacial score (nSPS) is 19.7. The number of hydrogen-bond acceptors (Lipinski definition) is 5. The van der Waals surface area contributed by atoms with E-state index in [4.69, 9.17) is 21.1 Å². The van der Waals surface area contributed by atoms with E-state index in [0.29, 0.717) is 5.56 Å². The molecular formula is C26H22ClNO5. The van der Waals surface area contributed by atoms with E-state index in [2.05, 4.69) is 0 Å². The van der Waals surface area contributed by atoms with Crippen molar-refractivity contribution in [2.75, 3.05) is 0 Å². The van der Waals surface area contributed by atoms with Crippen molar-refractivity contribution in [1.82, 2.24) is 4.90 Å². The van der Waals surface area contributed by atoms with E-state index in [1.54, 1.807) is 24.3 Å². The molecule has 3 aromatic carbocycles. The number of nitrogens with zero attached hydrogens (tertiary/aromatic N) is 1. The summed E-state index contributed by atoms with van der Waals surface area (Å²) in [7, 11) is 0. The molecule has 2 atom stereocenters. The van der Waals surface area contributed by atoms with Gasteiger partial charge in [-0.15, -0.1) is 0 Å². The van der Waals surface area contributed by atoms with Gasteiger partial charge in [-0.3, -0.25) is 9.69 Å². The highest BCUT2D eigenvalue weighted by molar-refractivity contribution is 6.63. The third-order valence-corrected chi connectivity index (χ3v) is 5.69. The van der Waals surface area contributed by atoms with Crippen LogP contribution in [0.4, 0.5) is 4.79 Å². The molecule has 4 rings (SSSR count). The molecule has 6 nitrogen and oxygen atoms in total. The first-order chi connectivity index (χ1) is 16.0. The largest absolute Gasteiger partial charge is 0.444 e. The quantitative estimate of drug-likeness (QED) is 0.363. The Morgan fingerprint density at radius 1 is 0.879 bits per heavy atom. The van der Waals surface area contributed by atoms with Crippen molar-refractivity contribution >= 4 is 28.9 Å². The maximum atomic E-state index is 13.5. The maximum absolute atomic E-state index is 13.5. The van der Waals surface area contributed by atoms with Gasteiger partial charge in [-0.2, -0.15) is 0 Å². The van der Waals surface area contributed by atoms with E-state index < -0.39 is 35.5 Å². The zero-order valence-corrected chi connectivity index (χ0v) is 18.5.